The monoisotopic (exact) mass is 564 g/mol. The maximum Gasteiger partial charge on any atom is 0.416 e. The van der Waals surface area contributed by atoms with E-state index >= 15 is 0 Å². The van der Waals surface area contributed by atoms with Gasteiger partial charge in [0.2, 0.25) is 11.8 Å². The van der Waals surface area contributed by atoms with Crippen LogP contribution in [0.1, 0.15) is 53.5 Å². The Morgan fingerprint density at radius 1 is 1.05 bits per heavy atom. The van der Waals surface area contributed by atoms with Crippen LogP contribution in [-0.2, 0) is 41.6 Å². The number of likely N-dealkylation sites (tertiary alicyclic amines) is 1. The number of halogens is 3. The van der Waals surface area contributed by atoms with Gasteiger partial charge >= 0.3 is 6.18 Å². The van der Waals surface area contributed by atoms with Gasteiger partial charge in [0.1, 0.15) is 17.3 Å². The Morgan fingerprint density at radius 2 is 1.88 bits per heavy atom. The van der Waals surface area contributed by atoms with Crippen molar-refractivity contribution in [1.82, 2.24) is 9.88 Å². The van der Waals surface area contributed by atoms with Crippen molar-refractivity contribution in [3.8, 4) is 11.5 Å². The topological polar surface area (TPSA) is 83.6 Å². The average molecular weight is 565 g/mol. The van der Waals surface area contributed by atoms with Crippen LogP contribution in [-0.4, -0.2) is 34.8 Å². The number of pyridine rings is 1. The minimum atomic E-state index is -4.50. The van der Waals surface area contributed by atoms with Crippen molar-refractivity contribution in [2.45, 2.75) is 57.7 Å². The van der Waals surface area contributed by atoms with E-state index in [1.165, 1.54) is 6.07 Å². The van der Waals surface area contributed by atoms with E-state index in [4.69, 9.17) is 4.74 Å². The lowest BCUT2D eigenvalue weighted by Gasteiger charge is -2.25. The van der Waals surface area contributed by atoms with Gasteiger partial charge in [-0.2, -0.15) is 13.2 Å². The Morgan fingerprint density at radius 3 is 2.68 bits per heavy atom. The van der Waals surface area contributed by atoms with Gasteiger partial charge in [0.05, 0.1) is 5.56 Å². The fraction of sp³-hybridized carbons (Fsp3) is 0.387. The van der Waals surface area contributed by atoms with Crippen molar-refractivity contribution in [3.63, 3.8) is 0 Å². The molecule has 0 saturated carbocycles. The van der Waals surface area contributed by atoms with Gasteiger partial charge in [-0.25, -0.2) is 4.98 Å². The first-order valence-electron chi connectivity index (χ1n) is 14.0. The number of alkyl halides is 3. The summed E-state index contributed by atoms with van der Waals surface area (Å²) < 4.78 is 47.2. The minimum Gasteiger partial charge on any atom is -0.457 e. The molecule has 41 heavy (non-hydrogen) atoms. The predicted molar refractivity (Wildman–Crippen MR) is 148 cm³/mol. The Balaban J connectivity index is 1.17. The zero-order valence-electron chi connectivity index (χ0n) is 22.5. The lowest BCUT2D eigenvalue weighted by atomic mass is 9.83. The lowest BCUT2D eigenvalue weighted by molar-refractivity contribution is -0.137. The summed E-state index contributed by atoms with van der Waals surface area (Å²) in [5.41, 5.74) is 2.91. The summed E-state index contributed by atoms with van der Waals surface area (Å²) in [4.78, 5) is 31.4. The van der Waals surface area contributed by atoms with Crippen LogP contribution < -0.4 is 15.4 Å². The average Bonchev–Trinajstić information content (AvgIpc) is 3.45. The van der Waals surface area contributed by atoms with Crippen LogP contribution in [0.2, 0.25) is 0 Å². The SMILES string of the molecule is O=C1CCc2c(Oc3ccc4c(c3)CC(C(=O)Nc3cc(CN5CCCC5)cc(C(F)(F)F)c3)CC4)ccnc2N1. The molecule has 2 aliphatic heterocycles. The number of ether oxygens (including phenoxy) is 1. The molecule has 10 heteroatoms. The van der Waals surface area contributed by atoms with Gasteiger partial charge < -0.3 is 15.4 Å². The third-order valence-electron chi connectivity index (χ3n) is 8.07. The molecule has 0 bridgehead atoms. The molecular weight excluding hydrogens is 533 g/mol. The van der Waals surface area contributed by atoms with Crippen LogP contribution in [0.3, 0.4) is 0 Å². The minimum absolute atomic E-state index is 0.0757. The summed E-state index contributed by atoms with van der Waals surface area (Å²) in [5, 5.41) is 5.55. The number of fused-ring (bicyclic) bond motifs is 2. The maximum atomic E-state index is 13.7. The van der Waals surface area contributed by atoms with Crippen LogP contribution in [0.25, 0.3) is 0 Å². The zero-order valence-corrected chi connectivity index (χ0v) is 22.5. The second kappa shape index (κ2) is 11.2. The number of nitrogens with zero attached hydrogens (tertiary/aromatic N) is 2. The van der Waals surface area contributed by atoms with E-state index in [9.17, 15) is 22.8 Å². The highest BCUT2D eigenvalue weighted by atomic mass is 19.4. The summed E-state index contributed by atoms with van der Waals surface area (Å²) in [6, 6.07) is 11.4. The van der Waals surface area contributed by atoms with Crippen LogP contribution in [0.15, 0.2) is 48.7 Å². The first-order chi connectivity index (χ1) is 19.7. The molecule has 7 nitrogen and oxygen atoms in total. The highest BCUT2D eigenvalue weighted by molar-refractivity contribution is 5.94. The van der Waals surface area contributed by atoms with E-state index in [-0.39, 0.29) is 23.4 Å². The van der Waals surface area contributed by atoms with E-state index in [1.54, 1.807) is 18.3 Å². The van der Waals surface area contributed by atoms with E-state index in [0.29, 0.717) is 61.5 Å². The second-order valence-electron chi connectivity index (χ2n) is 11.0. The highest BCUT2D eigenvalue weighted by Crippen LogP contribution is 2.36. The molecule has 1 atom stereocenters. The van der Waals surface area contributed by atoms with E-state index in [2.05, 4.69) is 20.5 Å². The van der Waals surface area contributed by atoms with E-state index < -0.39 is 11.7 Å². The fourth-order valence-corrected chi connectivity index (χ4v) is 5.96. The molecule has 1 aliphatic carbocycles. The number of carbonyl (C=O) groups excluding carboxylic acids is 2. The molecular formula is C31H31F3N4O3. The first kappa shape index (κ1) is 27.3. The predicted octanol–water partition coefficient (Wildman–Crippen LogP) is 6.12. The van der Waals surface area contributed by atoms with Crippen molar-refractivity contribution in [2.24, 2.45) is 5.92 Å². The Bertz CT molecular complexity index is 1480. The van der Waals surface area contributed by atoms with Gasteiger partial charge in [-0.3, -0.25) is 14.5 Å². The summed E-state index contributed by atoms with van der Waals surface area (Å²) in [6.07, 6.45) is 1.83. The number of amides is 2. The Kier molecular flexibility index (Phi) is 7.42. The Labute approximate surface area is 236 Å². The number of carbonyl (C=O) groups is 2. The highest BCUT2D eigenvalue weighted by Gasteiger charge is 2.32. The van der Waals surface area contributed by atoms with E-state index in [0.717, 1.165) is 48.7 Å². The number of hydrogen-bond donors (Lipinski definition) is 2. The van der Waals surface area contributed by atoms with Gasteiger partial charge in [-0.1, -0.05) is 6.07 Å². The smallest absolute Gasteiger partial charge is 0.416 e. The molecule has 0 radical (unpaired) electrons. The summed E-state index contributed by atoms with van der Waals surface area (Å²) in [6.45, 7) is 2.16. The van der Waals surface area contributed by atoms with Crippen LogP contribution in [0.4, 0.5) is 24.7 Å². The van der Waals surface area contributed by atoms with Crippen molar-refractivity contribution >= 4 is 23.3 Å². The molecule has 1 aromatic heterocycles. The molecule has 1 unspecified atom stereocenters. The summed E-state index contributed by atoms with van der Waals surface area (Å²) in [7, 11) is 0. The molecule has 2 N–H and O–H groups in total. The van der Waals surface area contributed by atoms with Gasteiger partial charge in [0.25, 0.3) is 0 Å². The quantitative estimate of drug-likeness (QED) is 0.377. The molecule has 2 amide bonds. The molecule has 0 spiro atoms. The van der Waals surface area contributed by atoms with Crippen LogP contribution >= 0.6 is 0 Å². The number of nitrogens with one attached hydrogen (secondary N) is 2. The summed E-state index contributed by atoms with van der Waals surface area (Å²) in [5.74, 6) is 0.999. The Hall–Kier alpha value is -3.92. The fourth-order valence-electron chi connectivity index (χ4n) is 5.96. The van der Waals surface area contributed by atoms with Crippen LogP contribution in [0, 0.1) is 5.92 Å². The number of rotatable bonds is 6. The number of aromatic nitrogens is 1. The third-order valence-corrected chi connectivity index (χ3v) is 8.07. The summed E-state index contributed by atoms with van der Waals surface area (Å²) >= 11 is 0. The number of hydrogen-bond acceptors (Lipinski definition) is 5. The largest absolute Gasteiger partial charge is 0.457 e. The number of aryl methyl sites for hydroxylation is 1. The van der Waals surface area contributed by atoms with Crippen molar-refractivity contribution in [2.75, 3.05) is 23.7 Å². The van der Waals surface area contributed by atoms with Gasteiger partial charge in [0.15, 0.2) is 0 Å². The first-order valence-corrected chi connectivity index (χ1v) is 14.0. The molecule has 3 heterocycles. The van der Waals surface area contributed by atoms with Crippen molar-refractivity contribution in [1.29, 1.82) is 0 Å². The van der Waals surface area contributed by atoms with Crippen molar-refractivity contribution in [3.05, 3.63) is 76.5 Å². The molecule has 3 aromatic rings. The second-order valence-corrected chi connectivity index (χ2v) is 11.0. The molecule has 3 aliphatic rings. The lowest BCUT2D eigenvalue weighted by Crippen LogP contribution is -2.28. The number of anilines is 2. The van der Waals surface area contributed by atoms with Gasteiger partial charge in [-0.15, -0.1) is 0 Å². The molecule has 1 fully saturated rings. The van der Waals surface area contributed by atoms with E-state index in [1.807, 2.05) is 18.2 Å². The van der Waals surface area contributed by atoms with Crippen LogP contribution in [0.5, 0.6) is 11.5 Å². The third kappa shape index (κ3) is 6.22. The van der Waals surface area contributed by atoms with Gasteiger partial charge in [0, 0.05) is 36.3 Å². The molecule has 214 valence electrons. The maximum absolute atomic E-state index is 13.7. The molecule has 6 rings (SSSR count). The number of benzene rings is 2. The molecule has 1 saturated heterocycles. The van der Waals surface area contributed by atoms with Gasteiger partial charge in [-0.05, 0) is 105 Å². The zero-order chi connectivity index (χ0) is 28.6. The normalized spacial score (nSPS) is 18.8. The standard InChI is InChI=1S/C31H31F3N4O3/c32-31(33,34)23-13-19(18-38-11-1-2-12-38)14-24(17-23)36-30(40)21-4-3-20-5-6-25(16-22(20)15-21)41-27-9-10-35-29-26(27)7-8-28(39)37-29/h5-6,9-10,13-14,16-17,21H,1-4,7-8,11-12,15,18H2,(H,36,40)(H,35,37,39). The van der Waals surface area contributed by atoms with Crippen molar-refractivity contribution < 1.29 is 27.5 Å². The molecule has 2 aromatic carbocycles.